The number of hydrogen-bond donors (Lipinski definition) is 4. The van der Waals surface area contributed by atoms with Crippen LogP contribution < -0.4 is 0 Å². The van der Waals surface area contributed by atoms with Crippen molar-refractivity contribution in [3.63, 3.8) is 0 Å². The first-order chi connectivity index (χ1) is 7.71. The van der Waals surface area contributed by atoms with Gasteiger partial charge in [0.15, 0.2) is 0 Å². The van der Waals surface area contributed by atoms with Crippen molar-refractivity contribution in [2.45, 2.75) is 27.7 Å². The Labute approximate surface area is 102 Å². The highest BCUT2D eigenvalue weighted by atomic mass is 16.6. The molecular weight excluding hydrogens is 230 g/mol. The van der Waals surface area contributed by atoms with Crippen LogP contribution in [0.2, 0.25) is 0 Å². The second-order valence-corrected chi connectivity index (χ2v) is 3.17. The molecule has 0 atom stereocenters. The fourth-order valence-electron chi connectivity index (χ4n) is 1.34. The van der Waals surface area contributed by atoms with Crippen LogP contribution in [0.5, 0.6) is 0 Å². The molecule has 0 heterocycles. The van der Waals surface area contributed by atoms with Gasteiger partial charge in [0, 0.05) is 0 Å². The monoisotopic (exact) mass is 254 g/mol. The summed E-state index contributed by atoms with van der Waals surface area (Å²) in [5.41, 5.74) is 0. The van der Waals surface area contributed by atoms with Crippen LogP contribution in [0.3, 0.4) is 0 Å². The molecule has 0 aliphatic carbocycles. The van der Waals surface area contributed by atoms with E-state index in [1.165, 1.54) is 30.7 Å². The van der Waals surface area contributed by atoms with Crippen molar-refractivity contribution in [2.24, 2.45) is 0 Å². The van der Waals surface area contributed by atoms with Crippen LogP contribution in [0.25, 0.3) is 0 Å². The number of carboxylic acid groups (broad SMARTS) is 4. The zero-order chi connectivity index (χ0) is 14.5. The van der Waals surface area contributed by atoms with Gasteiger partial charge in [0.1, 0.15) is 0 Å². The summed E-state index contributed by atoms with van der Waals surface area (Å²) < 4.78 is 1.28. The molecule has 0 radical (unpaired) electrons. The number of rotatable bonds is 4. The van der Waals surface area contributed by atoms with Gasteiger partial charge in [-0.25, -0.2) is 9.59 Å². The minimum atomic E-state index is -1.83. The van der Waals surface area contributed by atoms with E-state index in [0.717, 1.165) is 0 Å². The van der Waals surface area contributed by atoms with Crippen molar-refractivity contribution in [1.29, 1.82) is 0 Å². The van der Waals surface area contributed by atoms with Gasteiger partial charge in [-0.1, -0.05) is 0 Å². The van der Waals surface area contributed by atoms with Crippen molar-refractivity contribution in [1.82, 2.24) is 0 Å². The van der Waals surface area contributed by atoms with E-state index in [1.807, 2.05) is 0 Å². The Bertz CT molecular complexity index is 165. The van der Waals surface area contributed by atoms with Crippen molar-refractivity contribution in [2.75, 3.05) is 26.2 Å². The van der Waals surface area contributed by atoms with E-state index in [1.54, 1.807) is 0 Å². The van der Waals surface area contributed by atoms with Gasteiger partial charge in [0.25, 0.3) is 0 Å². The Morgan fingerprint density at radius 2 is 0.824 bits per heavy atom. The van der Waals surface area contributed by atoms with Gasteiger partial charge in [-0.2, -0.15) is 0 Å². The molecule has 0 unspecified atom stereocenters. The van der Waals surface area contributed by atoms with Crippen molar-refractivity contribution >= 4 is 12.3 Å². The van der Waals surface area contributed by atoms with Gasteiger partial charge in [0.2, 0.25) is 0 Å². The van der Waals surface area contributed by atoms with E-state index in [0.29, 0.717) is 0 Å². The van der Waals surface area contributed by atoms with Gasteiger partial charge < -0.3 is 24.9 Å². The van der Waals surface area contributed by atoms with Crippen LogP contribution in [0, 0.1) is 0 Å². The van der Waals surface area contributed by atoms with Gasteiger partial charge in [0.05, 0.1) is 26.2 Å². The lowest BCUT2D eigenvalue weighted by Gasteiger charge is -2.34. The molecule has 0 aromatic heterocycles. The van der Waals surface area contributed by atoms with E-state index in [4.69, 9.17) is 30.0 Å². The summed E-state index contributed by atoms with van der Waals surface area (Å²) in [6.45, 7) is 14.2. The van der Waals surface area contributed by atoms with Crippen LogP contribution in [-0.2, 0) is 0 Å². The molecule has 0 amide bonds. The quantitative estimate of drug-likeness (QED) is 0.572. The van der Waals surface area contributed by atoms with E-state index in [2.05, 4.69) is 27.7 Å². The molecule has 4 N–H and O–H groups in total. The molecule has 0 fully saturated rings. The van der Waals surface area contributed by atoms with E-state index in [-0.39, 0.29) is 0 Å². The molecule has 17 heavy (non-hydrogen) atoms. The van der Waals surface area contributed by atoms with E-state index in [9.17, 15) is 0 Å². The lowest BCUT2D eigenvalue weighted by Crippen LogP contribution is -2.47. The van der Waals surface area contributed by atoms with E-state index < -0.39 is 12.3 Å². The Kier molecular flexibility index (Phi) is 15.4. The molecule has 0 spiro atoms. The summed E-state index contributed by atoms with van der Waals surface area (Å²) >= 11 is 0. The predicted octanol–water partition coefficient (Wildman–Crippen LogP) is 2.33. The summed E-state index contributed by atoms with van der Waals surface area (Å²) in [5, 5.41) is 27.9. The SMILES string of the molecule is CC[N+](CC)(CC)CC.O=C(O)O.O=C(O)O. The summed E-state index contributed by atoms with van der Waals surface area (Å²) in [6.07, 6.45) is -3.67. The van der Waals surface area contributed by atoms with Crippen molar-refractivity contribution < 1.29 is 34.5 Å². The molecule has 0 saturated heterocycles. The summed E-state index contributed by atoms with van der Waals surface area (Å²) in [4.78, 5) is 17.1. The molecule has 7 nitrogen and oxygen atoms in total. The number of hydrogen-bond acceptors (Lipinski definition) is 2. The third-order valence-corrected chi connectivity index (χ3v) is 2.68. The van der Waals surface area contributed by atoms with Crippen LogP contribution in [0.1, 0.15) is 27.7 Å². The van der Waals surface area contributed by atoms with Crippen LogP contribution in [0.4, 0.5) is 9.59 Å². The van der Waals surface area contributed by atoms with Crippen LogP contribution in [-0.4, -0.2) is 63.4 Å². The zero-order valence-electron chi connectivity index (χ0n) is 10.9. The molecule has 0 aliphatic rings. The van der Waals surface area contributed by atoms with Gasteiger partial charge in [-0.05, 0) is 27.7 Å². The number of quaternary nitrogens is 1. The fraction of sp³-hybridized carbons (Fsp3) is 0.800. The van der Waals surface area contributed by atoms with Crippen molar-refractivity contribution in [3.8, 4) is 0 Å². The highest BCUT2D eigenvalue weighted by Gasteiger charge is 2.16. The Hall–Kier alpha value is -1.50. The molecular formula is C10H24NO6+. The summed E-state index contributed by atoms with van der Waals surface area (Å²) in [7, 11) is 0. The average Bonchev–Trinajstić information content (AvgIpc) is 2.20. The maximum Gasteiger partial charge on any atom is 0.503 e. The molecule has 0 bridgehead atoms. The minimum absolute atomic E-state index is 1.28. The second kappa shape index (κ2) is 12.6. The highest BCUT2D eigenvalue weighted by molar-refractivity contribution is 5.53. The smallest absolute Gasteiger partial charge is 0.450 e. The normalized spacial score (nSPS) is 9.18. The lowest BCUT2D eigenvalue weighted by molar-refractivity contribution is -0.921. The first-order valence-corrected chi connectivity index (χ1v) is 5.40. The summed E-state index contributed by atoms with van der Waals surface area (Å²) in [6, 6.07) is 0. The number of carbonyl (C=O) groups is 2. The lowest BCUT2D eigenvalue weighted by atomic mass is 10.3. The molecule has 0 rings (SSSR count). The largest absolute Gasteiger partial charge is 0.503 e. The third-order valence-electron chi connectivity index (χ3n) is 2.68. The van der Waals surface area contributed by atoms with Gasteiger partial charge in [-0.15, -0.1) is 0 Å². The first kappa shape index (κ1) is 20.9. The van der Waals surface area contributed by atoms with Crippen LogP contribution >= 0.6 is 0 Å². The molecule has 0 aromatic carbocycles. The minimum Gasteiger partial charge on any atom is -0.450 e. The third kappa shape index (κ3) is 20.5. The molecule has 0 aliphatic heterocycles. The first-order valence-electron chi connectivity index (χ1n) is 5.40. The predicted molar refractivity (Wildman–Crippen MR) is 63.7 cm³/mol. The second-order valence-electron chi connectivity index (χ2n) is 3.17. The zero-order valence-corrected chi connectivity index (χ0v) is 10.9. The summed E-state index contributed by atoms with van der Waals surface area (Å²) in [5.74, 6) is 0. The van der Waals surface area contributed by atoms with Gasteiger partial charge >= 0.3 is 12.3 Å². The standard InChI is InChI=1S/C8H20N.2CH2O3/c1-5-9(6-2,7-3)8-4;2*2-1(3)4/h5-8H2,1-4H3;2*(H2,2,3,4)/q+1;;. The molecule has 7 heteroatoms. The number of nitrogens with zero attached hydrogens (tertiary/aromatic N) is 1. The molecule has 0 saturated carbocycles. The fourth-order valence-corrected chi connectivity index (χ4v) is 1.34. The Morgan fingerprint density at radius 1 is 0.706 bits per heavy atom. The Balaban J connectivity index is -0.000000205. The topological polar surface area (TPSA) is 115 Å². The maximum atomic E-state index is 8.56. The molecule has 104 valence electrons. The highest BCUT2D eigenvalue weighted by Crippen LogP contribution is 2.03. The average molecular weight is 254 g/mol. The van der Waals surface area contributed by atoms with Crippen LogP contribution in [0.15, 0.2) is 0 Å². The molecule has 0 aromatic rings. The van der Waals surface area contributed by atoms with Gasteiger partial charge in [-0.3, -0.25) is 0 Å². The maximum absolute atomic E-state index is 8.56. The Morgan fingerprint density at radius 3 is 0.824 bits per heavy atom. The van der Waals surface area contributed by atoms with Crippen molar-refractivity contribution in [3.05, 3.63) is 0 Å². The van der Waals surface area contributed by atoms with E-state index >= 15 is 0 Å².